The third-order valence-corrected chi connectivity index (χ3v) is 6.65. The van der Waals surface area contributed by atoms with Gasteiger partial charge in [-0.15, -0.1) is 11.3 Å². The van der Waals surface area contributed by atoms with E-state index in [9.17, 15) is 4.79 Å². The Kier molecular flexibility index (Phi) is 6.39. The molecule has 1 saturated heterocycles. The van der Waals surface area contributed by atoms with Gasteiger partial charge in [-0.05, 0) is 43.0 Å². The van der Waals surface area contributed by atoms with Crippen molar-refractivity contribution in [1.82, 2.24) is 25.3 Å². The molecule has 7 nitrogen and oxygen atoms in total. The number of carbonyl (C=O) groups is 1. The summed E-state index contributed by atoms with van der Waals surface area (Å²) in [5.41, 5.74) is 0. The van der Waals surface area contributed by atoms with Crippen molar-refractivity contribution in [1.29, 1.82) is 0 Å². The van der Waals surface area contributed by atoms with E-state index in [4.69, 9.17) is 4.52 Å². The zero-order valence-electron chi connectivity index (χ0n) is 16.5. The van der Waals surface area contributed by atoms with Crippen LogP contribution in [0.5, 0.6) is 0 Å². The van der Waals surface area contributed by atoms with Crippen LogP contribution in [0.15, 0.2) is 22.0 Å². The normalized spacial score (nSPS) is 24.3. The number of thiophene rings is 1. The van der Waals surface area contributed by atoms with Gasteiger partial charge < -0.3 is 9.84 Å². The molecular weight excluding hydrogens is 374 g/mol. The van der Waals surface area contributed by atoms with Crippen LogP contribution in [0.3, 0.4) is 0 Å². The van der Waals surface area contributed by atoms with E-state index in [0.29, 0.717) is 30.8 Å². The standard InChI is InChI=1S/C20H29N5O2S/c1-15-4-6-16(7-5-15)21-18(26)13-24-8-10-25(11-9-24)14-19-22-20(23-27-19)17-3-2-12-28-17/h2-3,12,15-16H,4-11,13-14H2,1H3,(H,21,26). The van der Waals surface area contributed by atoms with Gasteiger partial charge in [-0.2, -0.15) is 4.98 Å². The van der Waals surface area contributed by atoms with Gasteiger partial charge in [0.25, 0.3) is 0 Å². The molecule has 1 aliphatic carbocycles. The third kappa shape index (κ3) is 5.18. The van der Waals surface area contributed by atoms with Gasteiger partial charge in [-0.25, -0.2) is 0 Å². The van der Waals surface area contributed by atoms with Crippen LogP contribution in [-0.4, -0.2) is 64.6 Å². The van der Waals surface area contributed by atoms with Crippen LogP contribution in [0, 0.1) is 5.92 Å². The average molecular weight is 404 g/mol. The lowest BCUT2D eigenvalue weighted by Gasteiger charge is -2.34. The van der Waals surface area contributed by atoms with E-state index in [1.807, 2.05) is 17.5 Å². The summed E-state index contributed by atoms with van der Waals surface area (Å²) in [5.74, 6) is 2.30. The summed E-state index contributed by atoms with van der Waals surface area (Å²) >= 11 is 1.61. The molecule has 4 rings (SSSR count). The fourth-order valence-corrected chi connectivity index (χ4v) is 4.65. The molecule has 28 heavy (non-hydrogen) atoms. The Morgan fingerprint density at radius 1 is 1.21 bits per heavy atom. The number of rotatable bonds is 6. The lowest BCUT2D eigenvalue weighted by molar-refractivity contribution is -0.123. The lowest BCUT2D eigenvalue weighted by atomic mass is 9.87. The summed E-state index contributed by atoms with van der Waals surface area (Å²) in [5, 5.41) is 9.31. The first-order valence-electron chi connectivity index (χ1n) is 10.3. The maximum Gasteiger partial charge on any atom is 0.241 e. The van der Waals surface area contributed by atoms with Crippen molar-refractivity contribution in [3.05, 3.63) is 23.4 Å². The van der Waals surface area contributed by atoms with Gasteiger partial charge in [0, 0.05) is 32.2 Å². The zero-order chi connectivity index (χ0) is 19.3. The van der Waals surface area contributed by atoms with Crippen LogP contribution in [0.1, 0.15) is 38.5 Å². The molecule has 2 aromatic heterocycles. The summed E-state index contributed by atoms with van der Waals surface area (Å²) in [6, 6.07) is 4.36. The van der Waals surface area contributed by atoms with Gasteiger partial charge in [0.2, 0.25) is 17.6 Å². The average Bonchev–Trinajstić information content (AvgIpc) is 3.37. The quantitative estimate of drug-likeness (QED) is 0.799. The Hall–Kier alpha value is -1.77. The topological polar surface area (TPSA) is 74.5 Å². The second-order valence-electron chi connectivity index (χ2n) is 8.07. The third-order valence-electron chi connectivity index (χ3n) is 5.78. The van der Waals surface area contributed by atoms with Gasteiger partial charge in [0.1, 0.15) is 0 Å². The highest BCUT2D eigenvalue weighted by Crippen LogP contribution is 2.23. The van der Waals surface area contributed by atoms with Crippen molar-refractivity contribution < 1.29 is 9.32 Å². The number of nitrogens with one attached hydrogen (secondary N) is 1. The van der Waals surface area contributed by atoms with Gasteiger partial charge in [0.05, 0.1) is 18.0 Å². The SMILES string of the molecule is CC1CCC(NC(=O)CN2CCN(Cc3nc(-c4cccs4)no3)CC2)CC1. The van der Waals surface area contributed by atoms with Crippen molar-refractivity contribution in [3.63, 3.8) is 0 Å². The van der Waals surface area contributed by atoms with Gasteiger partial charge >= 0.3 is 0 Å². The van der Waals surface area contributed by atoms with Crippen LogP contribution < -0.4 is 5.32 Å². The lowest BCUT2D eigenvalue weighted by Crippen LogP contribution is -2.50. The molecule has 0 radical (unpaired) electrons. The first-order chi connectivity index (χ1) is 13.7. The van der Waals surface area contributed by atoms with E-state index in [-0.39, 0.29) is 5.91 Å². The van der Waals surface area contributed by atoms with Crippen molar-refractivity contribution in [3.8, 4) is 10.7 Å². The Bertz CT molecular complexity index is 746. The van der Waals surface area contributed by atoms with Crippen LogP contribution in [-0.2, 0) is 11.3 Å². The summed E-state index contributed by atoms with van der Waals surface area (Å²) in [6.07, 6.45) is 4.71. The minimum absolute atomic E-state index is 0.172. The predicted octanol–water partition coefficient (Wildman–Crippen LogP) is 2.61. The first-order valence-corrected chi connectivity index (χ1v) is 11.1. The van der Waals surface area contributed by atoms with E-state index in [2.05, 4.69) is 32.2 Å². The second kappa shape index (κ2) is 9.15. The van der Waals surface area contributed by atoms with Crippen LogP contribution >= 0.6 is 11.3 Å². The number of carbonyl (C=O) groups excluding carboxylic acids is 1. The minimum atomic E-state index is 0.172. The molecule has 2 fully saturated rings. The summed E-state index contributed by atoms with van der Waals surface area (Å²) in [4.78, 5) is 22.4. The molecule has 0 unspecified atom stereocenters. The van der Waals surface area contributed by atoms with Gasteiger partial charge in [-0.3, -0.25) is 14.6 Å². The molecule has 2 aliphatic rings. The van der Waals surface area contributed by atoms with Crippen molar-refractivity contribution >= 4 is 17.2 Å². The van der Waals surface area contributed by atoms with Gasteiger partial charge in [-0.1, -0.05) is 18.1 Å². The molecule has 2 aromatic rings. The molecule has 0 aromatic carbocycles. The minimum Gasteiger partial charge on any atom is -0.352 e. The smallest absolute Gasteiger partial charge is 0.241 e. The van der Waals surface area contributed by atoms with E-state index in [1.165, 1.54) is 12.8 Å². The number of hydrogen-bond donors (Lipinski definition) is 1. The predicted molar refractivity (Wildman–Crippen MR) is 109 cm³/mol. The maximum atomic E-state index is 12.4. The van der Waals surface area contributed by atoms with E-state index < -0.39 is 0 Å². The molecule has 0 spiro atoms. The Labute approximate surface area is 170 Å². The van der Waals surface area contributed by atoms with E-state index >= 15 is 0 Å². The maximum absolute atomic E-state index is 12.4. The molecule has 8 heteroatoms. The Morgan fingerprint density at radius 2 is 1.96 bits per heavy atom. The Morgan fingerprint density at radius 3 is 2.68 bits per heavy atom. The molecule has 152 valence electrons. The van der Waals surface area contributed by atoms with Crippen LogP contribution in [0.4, 0.5) is 0 Å². The van der Waals surface area contributed by atoms with Crippen molar-refractivity contribution in [2.75, 3.05) is 32.7 Å². The molecule has 1 amide bonds. The highest BCUT2D eigenvalue weighted by Gasteiger charge is 2.23. The van der Waals surface area contributed by atoms with Crippen LogP contribution in [0.25, 0.3) is 10.7 Å². The van der Waals surface area contributed by atoms with Crippen molar-refractivity contribution in [2.24, 2.45) is 5.92 Å². The highest BCUT2D eigenvalue weighted by molar-refractivity contribution is 7.13. The summed E-state index contributed by atoms with van der Waals surface area (Å²) in [6.45, 7) is 7.06. The Balaban J connectivity index is 1.18. The molecule has 1 saturated carbocycles. The van der Waals surface area contributed by atoms with E-state index in [0.717, 1.165) is 49.8 Å². The number of amides is 1. The number of hydrogen-bond acceptors (Lipinski definition) is 7. The molecular formula is C20H29N5O2S. The molecule has 1 aliphatic heterocycles. The number of nitrogens with zero attached hydrogens (tertiary/aromatic N) is 4. The molecule has 0 atom stereocenters. The van der Waals surface area contributed by atoms with Crippen molar-refractivity contribution in [2.45, 2.75) is 45.2 Å². The highest BCUT2D eigenvalue weighted by atomic mass is 32.1. The van der Waals surface area contributed by atoms with Gasteiger partial charge in [0.15, 0.2) is 0 Å². The fourth-order valence-electron chi connectivity index (χ4n) is 4.00. The number of piperazine rings is 1. The molecule has 3 heterocycles. The van der Waals surface area contributed by atoms with Crippen LogP contribution in [0.2, 0.25) is 0 Å². The molecule has 0 bridgehead atoms. The fraction of sp³-hybridized carbons (Fsp3) is 0.650. The van der Waals surface area contributed by atoms with E-state index in [1.54, 1.807) is 11.3 Å². The number of aromatic nitrogens is 2. The second-order valence-corrected chi connectivity index (χ2v) is 9.01. The monoisotopic (exact) mass is 403 g/mol. The largest absolute Gasteiger partial charge is 0.352 e. The zero-order valence-corrected chi connectivity index (χ0v) is 17.3. The molecule has 1 N–H and O–H groups in total. The summed E-state index contributed by atoms with van der Waals surface area (Å²) < 4.78 is 5.40. The summed E-state index contributed by atoms with van der Waals surface area (Å²) in [7, 11) is 0. The first kappa shape index (κ1) is 19.5.